The zero-order valence-corrected chi connectivity index (χ0v) is 16.1. The lowest BCUT2D eigenvalue weighted by Gasteiger charge is -2.26. The van der Waals surface area contributed by atoms with Crippen molar-refractivity contribution in [3.8, 4) is 0 Å². The van der Waals surface area contributed by atoms with E-state index in [1.807, 2.05) is 23.2 Å². The first-order valence-electron chi connectivity index (χ1n) is 8.58. The topological polar surface area (TPSA) is 60.0 Å². The minimum Gasteiger partial charge on any atom is -0.368 e. The van der Waals surface area contributed by atoms with Crippen LogP contribution in [-0.2, 0) is 0 Å². The van der Waals surface area contributed by atoms with Gasteiger partial charge in [0.2, 0.25) is 6.17 Å². The number of aromatic nitrogens is 4. The number of nitrogens with one attached hydrogen (secondary N) is 1. The predicted molar refractivity (Wildman–Crippen MR) is 98.7 cm³/mol. The molecule has 2 rings (SSSR count). The zero-order chi connectivity index (χ0) is 18.0. The third-order valence-corrected chi connectivity index (χ3v) is 3.63. The van der Waals surface area contributed by atoms with E-state index in [0.29, 0.717) is 0 Å². The Labute approximate surface area is 145 Å². The van der Waals surface area contributed by atoms with Gasteiger partial charge in [0.25, 0.3) is 0 Å². The van der Waals surface area contributed by atoms with Gasteiger partial charge in [-0.1, -0.05) is 0 Å². The van der Waals surface area contributed by atoms with E-state index >= 15 is 0 Å². The second kappa shape index (κ2) is 7.20. The number of rotatable bonds is 5. The highest BCUT2D eigenvalue weighted by atomic mass is 15.5. The molecule has 6 nitrogen and oxygen atoms in total. The number of amidine groups is 1. The Hall–Kier alpha value is -2.11. The van der Waals surface area contributed by atoms with Gasteiger partial charge < -0.3 is 5.32 Å². The summed E-state index contributed by atoms with van der Waals surface area (Å²) < 4.78 is 4.01. The van der Waals surface area contributed by atoms with Crippen molar-refractivity contribution in [2.45, 2.75) is 73.6 Å². The number of nitrogens with zero attached hydrogens (tertiary/aromatic N) is 5. The molecule has 0 aliphatic heterocycles. The van der Waals surface area contributed by atoms with Gasteiger partial charge in [-0.05, 0) is 67.5 Å². The molecule has 2 aromatic heterocycles. The van der Waals surface area contributed by atoms with Gasteiger partial charge in [-0.3, -0.25) is 4.99 Å². The molecule has 0 saturated heterocycles. The van der Waals surface area contributed by atoms with Crippen LogP contribution in [0, 0.1) is 27.7 Å². The Bertz CT molecular complexity index is 674. The van der Waals surface area contributed by atoms with Crippen molar-refractivity contribution in [2.24, 2.45) is 4.99 Å². The molecule has 24 heavy (non-hydrogen) atoms. The zero-order valence-electron chi connectivity index (χ0n) is 16.1. The van der Waals surface area contributed by atoms with Crippen LogP contribution < -0.4 is 5.32 Å². The standard InChI is InChI=1S/C18H30N6/c1-11(2)19-17(20-12(3)4)18(23-15(7)9-13(5)21-23)24-16(8)10-14(6)22-24/h9-12,18H,1-8H3,(H,19,20). The van der Waals surface area contributed by atoms with Crippen LogP contribution in [0.2, 0.25) is 0 Å². The Morgan fingerprint density at radius 1 is 0.917 bits per heavy atom. The van der Waals surface area contributed by atoms with Crippen molar-refractivity contribution < 1.29 is 0 Å². The van der Waals surface area contributed by atoms with Crippen molar-refractivity contribution in [3.63, 3.8) is 0 Å². The Morgan fingerprint density at radius 2 is 1.38 bits per heavy atom. The van der Waals surface area contributed by atoms with Crippen LogP contribution in [0.3, 0.4) is 0 Å². The molecule has 0 spiro atoms. The van der Waals surface area contributed by atoms with Gasteiger partial charge in [0, 0.05) is 23.5 Å². The van der Waals surface area contributed by atoms with Gasteiger partial charge in [-0.15, -0.1) is 0 Å². The third-order valence-electron chi connectivity index (χ3n) is 3.63. The van der Waals surface area contributed by atoms with Crippen LogP contribution in [0.4, 0.5) is 0 Å². The lowest BCUT2D eigenvalue weighted by Crippen LogP contribution is -2.42. The average molecular weight is 330 g/mol. The molecule has 0 aliphatic carbocycles. The smallest absolute Gasteiger partial charge is 0.200 e. The quantitative estimate of drug-likeness (QED) is 0.676. The lowest BCUT2D eigenvalue weighted by atomic mass is 10.3. The van der Waals surface area contributed by atoms with Gasteiger partial charge in [0.1, 0.15) is 5.84 Å². The van der Waals surface area contributed by atoms with Gasteiger partial charge in [-0.25, -0.2) is 9.36 Å². The first kappa shape index (κ1) is 18.2. The molecule has 0 atom stereocenters. The molecule has 1 N–H and O–H groups in total. The summed E-state index contributed by atoms with van der Waals surface area (Å²) in [4.78, 5) is 4.85. The van der Waals surface area contributed by atoms with Crippen LogP contribution in [-0.4, -0.2) is 37.5 Å². The number of hydrogen-bond acceptors (Lipinski definition) is 3. The molecule has 0 unspecified atom stereocenters. The molecule has 0 bridgehead atoms. The van der Waals surface area contributed by atoms with E-state index in [1.165, 1.54) is 0 Å². The van der Waals surface area contributed by atoms with Crippen molar-refractivity contribution in [2.75, 3.05) is 0 Å². The van der Waals surface area contributed by atoms with Gasteiger partial charge in [-0.2, -0.15) is 10.2 Å². The fourth-order valence-electron chi connectivity index (χ4n) is 2.88. The predicted octanol–water partition coefficient (Wildman–Crippen LogP) is 3.17. The second-order valence-corrected chi connectivity index (χ2v) is 7.02. The molecule has 0 aromatic carbocycles. The Morgan fingerprint density at radius 3 is 1.67 bits per heavy atom. The molecule has 0 radical (unpaired) electrons. The summed E-state index contributed by atoms with van der Waals surface area (Å²) >= 11 is 0. The first-order valence-corrected chi connectivity index (χ1v) is 8.58. The van der Waals surface area contributed by atoms with E-state index in [9.17, 15) is 0 Å². The second-order valence-electron chi connectivity index (χ2n) is 7.02. The highest BCUT2D eigenvalue weighted by molar-refractivity contribution is 5.86. The minimum atomic E-state index is -0.211. The van der Waals surface area contributed by atoms with Crippen molar-refractivity contribution in [3.05, 3.63) is 34.9 Å². The van der Waals surface area contributed by atoms with Crippen molar-refractivity contribution in [1.82, 2.24) is 24.9 Å². The summed E-state index contributed by atoms with van der Waals surface area (Å²) in [6, 6.07) is 4.63. The van der Waals surface area contributed by atoms with Crippen molar-refractivity contribution >= 4 is 5.84 Å². The van der Waals surface area contributed by atoms with Crippen LogP contribution in [0.5, 0.6) is 0 Å². The summed E-state index contributed by atoms with van der Waals surface area (Å²) in [5, 5.41) is 12.9. The van der Waals surface area contributed by atoms with Crippen LogP contribution in [0.1, 0.15) is 56.6 Å². The number of hydrogen-bond donors (Lipinski definition) is 1. The fourth-order valence-corrected chi connectivity index (χ4v) is 2.88. The molecule has 2 heterocycles. The number of aryl methyl sites for hydroxylation is 4. The molecule has 0 saturated carbocycles. The maximum Gasteiger partial charge on any atom is 0.200 e. The SMILES string of the molecule is Cc1cc(C)n(C(C(=NC(C)C)NC(C)C)n2nc(C)cc2C)n1. The lowest BCUT2D eigenvalue weighted by molar-refractivity contribution is 0.422. The van der Waals surface area contributed by atoms with Crippen LogP contribution >= 0.6 is 0 Å². The summed E-state index contributed by atoms with van der Waals surface area (Å²) in [6.45, 7) is 16.6. The summed E-state index contributed by atoms with van der Waals surface area (Å²) in [5.41, 5.74) is 4.17. The highest BCUT2D eigenvalue weighted by Gasteiger charge is 2.26. The average Bonchev–Trinajstić information content (AvgIpc) is 2.91. The van der Waals surface area contributed by atoms with Crippen molar-refractivity contribution in [1.29, 1.82) is 0 Å². The van der Waals surface area contributed by atoms with E-state index in [1.54, 1.807) is 0 Å². The minimum absolute atomic E-state index is 0.183. The molecule has 132 valence electrons. The van der Waals surface area contributed by atoms with Crippen LogP contribution in [0.25, 0.3) is 0 Å². The van der Waals surface area contributed by atoms with E-state index in [0.717, 1.165) is 28.6 Å². The van der Waals surface area contributed by atoms with Gasteiger partial charge in [0.05, 0.1) is 11.4 Å². The van der Waals surface area contributed by atoms with E-state index in [-0.39, 0.29) is 18.2 Å². The van der Waals surface area contributed by atoms with Gasteiger partial charge >= 0.3 is 0 Å². The van der Waals surface area contributed by atoms with Crippen LogP contribution in [0.15, 0.2) is 17.1 Å². The van der Waals surface area contributed by atoms with E-state index < -0.39 is 0 Å². The fraction of sp³-hybridized carbons (Fsp3) is 0.611. The Balaban J connectivity index is 2.65. The summed E-state index contributed by atoms with van der Waals surface area (Å²) in [6.07, 6.45) is -0.211. The molecule has 2 aromatic rings. The number of aliphatic imine (C=N–C) groups is 1. The maximum absolute atomic E-state index is 4.85. The maximum atomic E-state index is 4.85. The van der Waals surface area contributed by atoms with E-state index in [4.69, 9.17) is 15.2 Å². The molecule has 0 aliphatic rings. The molecular formula is C18H30N6. The molecule has 6 heteroatoms. The van der Waals surface area contributed by atoms with E-state index in [2.05, 4.69) is 59.0 Å². The van der Waals surface area contributed by atoms with Gasteiger partial charge in [0.15, 0.2) is 0 Å². The molecular weight excluding hydrogens is 300 g/mol. The summed E-state index contributed by atoms with van der Waals surface area (Å²) in [7, 11) is 0. The largest absolute Gasteiger partial charge is 0.368 e. The highest BCUT2D eigenvalue weighted by Crippen LogP contribution is 2.18. The molecule has 0 amide bonds. The third kappa shape index (κ3) is 4.04. The molecule has 0 fully saturated rings. The summed E-state index contributed by atoms with van der Waals surface area (Å²) in [5.74, 6) is 0.886. The first-order chi connectivity index (χ1) is 11.2. The normalized spacial score (nSPS) is 12.7. The Kier molecular flexibility index (Phi) is 5.47. The monoisotopic (exact) mass is 330 g/mol.